The van der Waals surface area contributed by atoms with Crippen molar-refractivity contribution in [2.24, 2.45) is 0 Å². The van der Waals surface area contributed by atoms with Gasteiger partial charge in [0.25, 0.3) is 11.8 Å². The highest BCUT2D eigenvalue weighted by Crippen LogP contribution is 2.30. The second-order valence-electron chi connectivity index (χ2n) is 5.93. The number of aryl methyl sites for hydroxylation is 1. The molecule has 0 aromatic heterocycles. The van der Waals surface area contributed by atoms with Crippen LogP contribution in [0.25, 0.3) is 6.08 Å². The van der Waals surface area contributed by atoms with Gasteiger partial charge in [0.1, 0.15) is 11.6 Å². The van der Waals surface area contributed by atoms with Crippen LogP contribution in [0.2, 0.25) is 5.02 Å². The largest absolute Gasteiger partial charge is 0.493 e. The Kier molecular flexibility index (Phi) is 5.52. The molecule has 142 valence electrons. The van der Waals surface area contributed by atoms with Gasteiger partial charge in [-0.05, 0) is 48.4 Å². The summed E-state index contributed by atoms with van der Waals surface area (Å²) in [6, 6.07) is 11.8. The number of hydrazine groups is 1. The van der Waals surface area contributed by atoms with E-state index in [1.165, 1.54) is 13.2 Å². The molecule has 0 aliphatic carbocycles. The molecule has 0 unspecified atom stereocenters. The van der Waals surface area contributed by atoms with Crippen molar-refractivity contribution < 1.29 is 19.1 Å². The molecule has 1 aliphatic rings. The van der Waals surface area contributed by atoms with Crippen LogP contribution in [-0.4, -0.2) is 25.5 Å². The number of halogens is 1. The number of rotatable bonds is 5. The summed E-state index contributed by atoms with van der Waals surface area (Å²) >= 11 is 6.12. The van der Waals surface area contributed by atoms with Crippen LogP contribution in [-0.2, 0) is 9.59 Å². The number of hydrogen-bond donors (Lipinski definition) is 1. The van der Waals surface area contributed by atoms with Crippen molar-refractivity contribution >= 4 is 35.2 Å². The Morgan fingerprint density at radius 2 is 2.00 bits per heavy atom. The Morgan fingerprint density at radius 3 is 2.68 bits per heavy atom. The number of nitrogens with one attached hydrogen (secondary N) is 1. The Labute approximate surface area is 166 Å². The minimum atomic E-state index is -0.523. The van der Waals surface area contributed by atoms with Crippen molar-refractivity contribution in [3.05, 3.63) is 58.1 Å². The maximum atomic E-state index is 12.7. The van der Waals surface area contributed by atoms with E-state index in [1.54, 1.807) is 36.4 Å². The van der Waals surface area contributed by atoms with Gasteiger partial charge in [-0.2, -0.15) is 5.26 Å². The van der Waals surface area contributed by atoms with E-state index in [-0.39, 0.29) is 12.2 Å². The van der Waals surface area contributed by atoms with Crippen LogP contribution >= 0.6 is 11.6 Å². The van der Waals surface area contributed by atoms with Crippen LogP contribution in [0, 0.1) is 18.3 Å². The van der Waals surface area contributed by atoms with Crippen molar-refractivity contribution in [3.63, 3.8) is 0 Å². The zero-order valence-electron chi connectivity index (χ0n) is 15.2. The molecule has 0 saturated carbocycles. The molecule has 0 bridgehead atoms. The molecule has 1 heterocycles. The van der Waals surface area contributed by atoms with E-state index in [2.05, 4.69) is 5.43 Å². The molecule has 7 nitrogen and oxygen atoms in total. The highest BCUT2D eigenvalue weighted by molar-refractivity contribution is 6.33. The van der Waals surface area contributed by atoms with E-state index in [0.29, 0.717) is 27.8 Å². The minimum absolute atomic E-state index is 0.0237. The number of anilines is 1. The molecule has 2 aromatic carbocycles. The predicted octanol–water partition coefficient (Wildman–Crippen LogP) is 3.02. The summed E-state index contributed by atoms with van der Waals surface area (Å²) in [7, 11) is 1.46. The number of benzene rings is 2. The quantitative estimate of drug-likeness (QED) is 0.618. The first kappa shape index (κ1) is 19.3. The van der Waals surface area contributed by atoms with Gasteiger partial charge in [-0.15, -0.1) is 0 Å². The summed E-state index contributed by atoms with van der Waals surface area (Å²) in [6.07, 6.45) is 1.46. The monoisotopic (exact) mass is 397 g/mol. The number of amides is 2. The minimum Gasteiger partial charge on any atom is -0.493 e. The van der Waals surface area contributed by atoms with Crippen molar-refractivity contribution in [1.82, 2.24) is 5.43 Å². The number of ether oxygens (including phenoxy) is 2. The lowest BCUT2D eigenvalue weighted by Crippen LogP contribution is -2.35. The van der Waals surface area contributed by atoms with Gasteiger partial charge >= 0.3 is 0 Å². The molecule has 0 spiro atoms. The van der Waals surface area contributed by atoms with Crippen LogP contribution < -0.4 is 19.9 Å². The first-order valence-electron chi connectivity index (χ1n) is 8.25. The van der Waals surface area contributed by atoms with Gasteiger partial charge in [-0.25, -0.2) is 5.01 Å². The number of methoxy groups -OCH3 is 1. The van der Waals surface area contributed by atoms with Crippen LogP contribution in [0.15, 0.2) is 42.0 Å². The van der Waals surface area contributed by atoms with Gasteiger partial charge in [0.2, 0.25) is 0 Å². The maximum absolute atomic E-state index is 12.7. The Morgan fingerprint density at radius 1 is 1.21 bits per heavy atom. The lowest BCUT2D eigenvalue weighted by atomic mass is 10.1. The fourth-order valence-corrected chi connectivity index (χ4v) is 2.80. The Bertz CT molecular complexity index is 1030. The number of carbonyl (C=O) groups excluding carboxylic acids is 2. The lowest BCUT2D eigenvalue weighted by Gasteiger charge is -2.15. The fraction of sp³-hybridized carbons (Fsp3) is 0.150. The molecule has 2 amide bonds. The summed E-state index contributed by atoms with van der Waals surface area (Å²) < 4.78 is 10.5. The van der Waals surface area contributed by atoms with Crippen LogP contribution in [0.4, 0.5) is 5.69 Å². The van der Waals surface area contributed by atoms with Gasteiger partial charge in [-0.1, -0.05) is 23.7 Å². The molecule has 28 heavy (non-hydrogen) atoms. The average molecular weight is 398 g/mol. The van der Waals surface area contributed by atoms with Crippen molar-refractivity contribution in [2.75, 3.05) is 18.7 Å². The van der Waals surface area contributed by atoms with Gasteiger partial charge in [0.05, 0.1) is 12.8 Å². The standard InChI is InChI=1S/C20H16ClN3O4/c1-12-3-5-14(11-16(12)21)24-20(26)15(19(25)23-24)9-13-4-6-17(28-8-7-22)18(10-13)27-2/h3-6,9-11H,8H2,1-2H3,(H,23,25). The molecular formula is C20H16ClN3O4. The molecule has 0 atom stereocenters. The van der Waals surface area contributed by atoms with E-state index in [1.807, 2.05) is 13.0 Å². The van der Waals surface area contributed by atoms with Gasteiger partial charge < -0.3 is 9.47 Å². The highest BCUT2D eigenvalue weighted by atomic mass is 35.5. The second-order valence-corrected chi connectivity index (χ2v) is 6.34. The van der Waals surface area contributed by atoms with E-state index in [4.69, 9.17) is 26.3 Å². The number of nitrogens with zero attached hydrogens (tertiary/aromatic N) is 2. The summed E-state index contributed by atoms with van der Waals surface area (Å²) in [5, 5.41) is 10.3. The molecule has 1 saturated heterocycles. The topological polar surface area (TPSA) is 91.7 Å². The number of nitriles is 1. The zero-order valence-corrected chi connectivity index (χ0v) is 15.9. The Balaban J connectivity index is 1.90. The first-order chi connectivity index (χ1) is 13.4. The summed E-state index contributed by atoms with van der Waals surface area (Å²) in [5.41, 5.74) is 4.41. The smallest absolute Gasteiger partial charge is 0.282 e. The van der Waals surface area contributed by atoms with Crippen LogP contribution in [0.3, 0.4) is 0 Å². The lowest BCUT2D eigenvalue weighted by molar-refractivity contribution is -0.117. The van der Waals surface area contributed by atoms with Crippen molar-refractivity contribution in [1.29, 1.82) is 5.26 Å². The van der Waals surface area contributed by atoms with Gasteiger partial charge in [0.15, 0.2) is 18.1 Å². The van der Waals surface area contributed by atoms with Gasteiger partial charge in [0, 0.05) is 5.02 Å². The molecule has 8 heteroatoms. The van der Waals surface area contributed by atoms with Crippen molar-refractivity contribution in [3.8, 4) is 17.6 Å². The summed E-state index contributed by atoms with van der Waals surface area (Å²) in [6.45, 7) is 1.73. The SMILES string of the molecule is COc1cc(C=C2C(=O)NN(c3ccc(C)c(Cl)c3)C2=O)ccc1OCC#N. The number of hydrogen-bond acceptors (Lipinski definition) is 5. The Hall–Kier alpha value is -3.50. The molecule has 3 rings (SSSR count). The molecule has 1 N–H and O–H groups in total. The van der Waals surface area contributed by atoms with E-state index in [0.717, 1.165) is 10.6 Å². The third kappa shape index (κ3) is 3.77. The molecule has 0 radical (unpaired) electrons. The molecular weight excluding hydrogens is 382 g/mol. The summed E-state index contributed by atoms with van der Waals surface area (Å²) in [4.78, 5) is 25.0. The fourth-order valence-electron chi connectivity index (χ4n) is 2.63. The van der Waals surface area contributed by atoms with Crippen LogP contribution in [0.5, 0.6) is 11.5 Å². The zero-order chi connectivity index (χ0) is 20.3. The molecule has 1 aliphatic heterocycles. The third-order valence-corrected chi connectivity index (χ3v) is 4.50. The van der Waals surface area contributed by atoms with Crippen molar-refractivity contribution in [2.45, 2.75) is 6.92 Å². The number of carbonyl (C=O) groups is 2. The van der Waals surface area contributed by atoms with E-state index >= 15 is 0 Å². The molecule has 2 aromatic rings. The van der Waals surface area contributed by atoms with E-state index in [9.17, 15) is 9.59 Å². The molecule has 1 fully saturated rings. The van der Waals surface area contributed by atoms with E-state index < -0.39 is 11.8 Å². The maximum Gasteiger partial charge on any atom is 0.282 e. The van der Waals surface area contributed by atoms with Gasteiger partial charge in [-0.3, -0.25) is 15.0 Å². The first-order valence-corrected chi connectivity index (χ1v) is 8.63. The summed E-state index contributed by atoms with van der Waals surface area (Å²) in [5.74, 6) is -0.235. The normalized spacial score (nSPS) is 14.8. The second kappa shape index (κ2) is 8.03. The predicted molar refractivity (Wildman–Crippen MR) is 104 cm³/mol. The highest BCUT2D eigenvalue weighted by Gasteiger charge is 2.34. The third-order valence-electron chi connectivity index (χ3n) is 4.10. The average Bonchev–Trinajstić information content (AvgIpc) is 2.97. The van der Waals surface area contributed by atoms with Crippen LogP contribution in [0.1, 0.15) is 11.1 Å².